The monoisotopic (exact) mass is 415 g/mol. The Morgan fingerprint density at radius 3 is 2.69 bits per heavy atom. The number of benzene rings is 1. The summed E-state index contributed by atoms with van der Waals surface area (Å²) >= 11 is 1.01. The number of hydrogen-bond donors (Lipinski definition) is 1. The number of fused-ring (bicyclic) bond motifs is 1. The van der Waals surface area contributed by atoms with E-state index in [4.69, 9.17) is 9.47 Å². The standard InChI is InChI=1S/C20H21N3O5S/c1-5-23-10-14(16(24)13-9-12(27-4)7-8-15(13)23)18(25)22-20-21-11(3)17(29-20)19(26)28-6-2/h7-10H,5-6H2,1-4H3,(H,21,22,25). The number of nitrogens with zero attached hydrogens (tertiary/aromatic N) is 2. The molecule has 2 aromatic heterocycles. The molecule has 8 nitrogen and oxygen atoms in total. The van der Waals surface area contributed by atoms with Crippen molar-refractivity contribution in [2.45, 2.75) is 27.3 Å². The lowest BCUT2D eigenvalue weighted by atomic mass is 10.1. The molecule has 0 saturated carbocycles. The van der Waals surface area contributed by atoms with Crippen molar-refractivity contribution in [2.75, 3.05) is 19.0 Å². The molecule has 0 bridgehead atoms. The van der Waals surface area contributed by atoms with Crippen LogP contribution in [0.25, 0.3) is 10.9 Å². The smallest absolute Gasteiger partial charge is 0.350 e. The third kappa shape index (κ3) is 4.00. The van der Waals surface area contributed by atoms with Crippen molar-refractivity contribution < 1.29 is 19.1 Å². The average molecular weight is 415 g/mol. The van der Waals surface area contributed by atoms with Gasteiger partial charge >= 0.3 is 5.97 Å². The maximum Gasteiger partial charge on any atom is 0.350 e. The van der Waals surface area contributed by atoms with Crippen molar-refractivity contribution in [1.29, 1.82) is 0 Å². The van der Waals surface area contributed by atoms with Crippen molar-refractivity contribution in [3.63, 3.8) is 0 Å². The minimum Gasteiger partial charge on any atom is -0.497 e. The van der Waals surface area contributed by atoms with Crippen LogP contribution in [0.2, 0.25) is 0 Å². The maximum atomic E-state index is 12.9. The number of anilines is 1. The number of aryl methyl sites for hydroxylation is 2. The average Bonchev–Trinajstić information content (AvgIpc) is 3.08. The van der Waals surface area contributed by atoms with E-state index in [0.29, 0.717) is 33.8 Å². The summed E-state index contributed by atoms with van der Waals surface area (Å²) in [4.78, 5) is 42.2. The predicted octanol–water partition coefficient (Wildman–Crippen LogP) is 3.22. The van der Waals surface area contributed by atoms with Crippen molar-refractivity contribution in [2.24, 2.45) is 0 Å². The highest BCUT2D eigenvalue weighted by Crippen LogP contribution is 2.24. The van der Waals surface area contributed by atoms with Crippen LogP contribution in [0.1, 0.15) is 39.6 Å². The Bertz CT molecular complexity index is 1150. The topological polar surface area (TPSA) is 99.5 Å². The molecule has 0 unspecified atom stereocenters. The number of rotatable bonds is 6. The van der Waals surface area contributed by atoms with Gasteiger partial charge in [0.25, 0.3) is 5.91 Å². The minimum absolute atomic E-state index is 0.0156. The van der Waals surface area contributed by atoms with Crippen molar-refractivity contribution in [3.05, 3.63) is 50.8 Å². The first-order chi connectivity index (χ1) is 13.9. The number of thiazole rings is 1. The Balaban J connectivity index is 1.99. The summed E-state index contributed by atoms with van der Waals surface area (Å²) in [5, 5.41) is 3.23. The lowest BCUT2D eigenvalue weighted by Crippen LogP contribution is -2.23. The van der Waals surface area contributed by atoms with Gasteiger partial charge in [0.1, 0.15) is 16.2 Å². The molecule has 9 heteroatoms. The zero-order chi connectivity index (χ0) is 21.1. The van der Waals surface area contributed by atoms with Gasteiger partial charge in [-0.3, -0.25) is 14.9 Å². The van der Waals surface area contributed by atoms with Gasteiger partial charge in [0, 0.05) is 12.7 Å². The summed E-state index contributed by atoms with van der Waals surface area (Å²) in [5.74, 6) is -0.551. The zero-order valence-electron chi connectivity index (χ0n) is 16.6. The first-order valence-electron chi connectivity index (χ1n) is 9.06. The molecule has 3 rings (SSSR count). The van der Waals surface area contributed by atoms with Crippen LogP contribution in [0.5, 0.6) is 5.75 Å². The van der Waals surface area contributed by atoms with Gasteiger partial charge in [0.05, 0.1) is 30.3 Å². The van der Waals surface area contributed by atoms with Crippen LogP contribution in [0.15, 0.2) is 29.2 Å². The van der Waals surface area contributed by atoms with E-state index in [1.54, 1.807) is 32.0 Å². The van der Waals surface area contributed by atoms with E-state index < -0.39 is 17.3 Å². The third-order valence-corrected chi connectivity index (χ3v) is 5.40. The normalized spacial score (nSPS) is 10.8. The van der Waals surface area contributed by atoms with Crippen LogP contribution in [0.3, 0.4) is 0 Å². The summed E-state index contributed by atoms with van der Waals surface area (Å²) < 4.78 is 12.0. The predicted molar refractivity (Wildman–Crippen MR) is 111 cm³/mol. The van der Waals surface area contributed by atoms with E-state index in [2.05, 4.69) is 10.3 Å². The highest BCUT2D eigenvalue weighted by atomic mass is 32.1. The number of pyridine rings is 1. The molecular formula is C20H21N3O5S. The molecule has 1 N–H and O–H groups in total. The summed E-state index contributed by atoms with van der Waals surface area (Å²) in [6, 6.07) is 5.17. The van der Waals surface area contributed by atoms with Gasteiger partial charge in [0.2, 0.25) is 5.43 Å². The second-order valence-corrected chi connectivity index (χ2v) is 7.15. The first kappa shape index (κ1) is 20.5. The maximum absolute atomic E-state index is 12.9. The number of ether oxygens (including phenoxy) is 2. The third-order valence-electron chi connectivity index (χ3n) is 4.35. The fourth-order valence-electron chi connectivity index (χ4n) is 2.93. The SMILES string of the molecule is CCOC(=O)c1sc(NC(=O)c2cn(CC)c3ccc(OC)cc3c2=O)nc1C. The summed E-state index contributed by atoms with van der Waals surface area (Å²) in [6.07, 6.45) is 1.53. The number of aromatic nitrogens is 2. The number of carbonyl (C=O) groups is 2. The van der Waals surface area contributed by atoms with Gasteiger partial charge in [-0.1, -0.05) is 11.3 Å². The second-order valence-electron chi connectivity index (χ2n) is 6.15. The van der Waals surface area contributed by atoms with Gasteiger partial charge in [0.15, 0.2) is 5.13 Å². The minimum atomic E-state index is -0.592. The van der Waals surface area contributed by atoms with Gasteiger partial charge in [-0.15, -0.1) is 0 Å². The van der Waals surface area contributed by atoms with Gasteiger partial charge in [-0.25, -0.2) is 9.78 Å². The fraction of sp³-hybridized carbons (Fsp3) is 0.300. The molecule has 0 aliphatic rings. The van der Waals surface area contributed by atoms with Crippen LogP contribution in [0, 0.1) is 6.92 Å². The molecule has 152 valence electrons. The van der Waals surface area contributed by atoms with Crippen molar-refractivity contribution >= 4 is 39.2 Å². The number of amides is 1. The first-order valence-corrected chi connectivity index (χ1v) is 9.88. The molecule has 0 aliphatic carbocycles. The van der Waals surface area contributed by atoms with E-state index >= 15 is 0 Å². The summed E-state index contributed by atoms with van der Waals surface area (Å²) in [7, 11) is 1.52. The molecule has 3 aromatic rings. The van der Waals surface area contributed by atoms with Crippen LogP contribution >= 0.6 is 11.3 Å². The number of methoxy groups -OCH3 is 1. The Hall–Kier alpha value is -3.20. The van der Waals surface area contributed by atoms with E-state index in [0.717, 1.165) is 11.3 Å². The molecule has 0 fully saturated rings. The Morgan fingerprint density at radius 2 is 2.03 bits per heavy atom. The van der Waals surface area contributed by atoms with Crippen molar-refractivity contribution in [3.8, 4) is 5.75 Å². The van der Waals surface area contributed by atoms with Crippen LogP contribution < -0.4 is 15.5 Å². The fourth-order valence-corrected chi connectivity index (χ4v) is 3.78. The molecule has 1 amide bonds. The Morgan fingerprint density at radius 1 is 1.28 bits per heavy atom. The van der Waals surface area contributed by atoms with E-state index in [1.165, 1.54) is 13.3 Å². The van der Waals surface area contributed by atoms with E-state index in [1.807, 2.05) is 11.5 Å². The second kappa shape index (κ2) is 8.44. The summed E-state index contributed by atoms with van der Waals surface area (Å²) in [6.45, 7) is 6.11. The molecule has 0 aliphatic heterocycles. The molecule has 0 saturated heterocycles. The molecule has 29 heavy (non-hydrogen) atoms. The molecule has 0 atom stereocenters. The molecule has 0 radical (unpaired) electrons. The molecule has 1 aromatic carbocycles. The zero-order valence-corrected chi connectivity index (χ0v) is 17.4. The van der Waals surface area contributed by atoms with Crippen LogP contribution in [0.4, 0.5) is 5.13 Å². The number of hydrogen-bond acceptors (Lipinski definition) is 7. The van der Waals surface area contributed by atoms with E-state index in [9.17, 15) is 14.4 Å². The number of esters is 1. The highest BCUT2D eigenvalue weighted by molar-refractivity contribution is 7.17. The van der Waals surface area contributed by atoms with E-state index in [-0.39, 0.29) is 17.3 Å². The number of carbonyl (C=O) groups excluding carboxylic acids is 2. The highest BCUT2D eigenvalue weighted by Gasteiger charge is 2.20. The quantitative estimate of drug-likeness (QED) is 0.621. The van der Waals surface area contributed by atoms with Gasteiger partial charge in [-0.05, 0) is 39.0 Å². The van der Waals surface area contributed by atoms with Gasteiger partial charge in [-0.2, -0.15) is 0 Å². The lowest BCUT2D eigenvalue weighted by Gasteiger charge is -2.12. The van der Waals surface area contributed by atoms with Crippen LogP contribution in [-0.2, 0) is 11.3 Å². The Labute approximate surface area is 171 Å². The summed E-state index contributed by atoms with van der Waals surface area (Å²) in [5.41, 5.74) is 0.751. The molecule has 2 heterocycles. The van der Waals surface area contributed by atoms with Gasteiger partial charge < -0.3 is 14.0 Å². The largest absolute Gasteiger partial charge is 0.497 e. The number of nitrogens with one attached hydrogen (secondary N) is 1. The molecule has 0 spiro atoms. The van der Waals surface area contributed by atoms with Crippen LogP contribution in [-0.4, -0.2) is 35.1 Å². The van der Waals surface area contributed by atoms with Crippen molar-refractivity contribution in [1.82, 2.24) is 9.55 Å². The molecular weight excluding hydrogens is 394 g/mol. The lowest BCUT2D eigenvalue weighted by molar-refractivity contribution is 0.0531. The Kier molecular flexibility index (Phi) is 5.97.